The van der Waals surface area contributed by atoms with Gasteiger partial charge in [-0.05, 0) is 20.0 Å². The van der Waals surface area contributed by atoms with Crippen molar-refractivity contribution in [3.63, 3.8) is 0 Å². The van der Waals surface area contributed by atoms with E-state index in [1.807, 2.05) is 4.90 Å². The summed E-state index contributed by atoms with van der Waals surface area (Å²) in [6.07, 6.45) is 0.618. The molecule has 1 fully saturated rings. The third kappa shape index (κ3) is 2.70. The number of hydrogen-bond acceptors (Lipinski definition) is 2. The van der Waals surface area contributed by atoms with Crippen LogP contribution in [0.15, 0.2) is 0 Å². The minimum absolute atomic E-state index is 0.276. The van der Waals surface area contributed by atoms with Crippen molar-refractivity contribution in [3.05, 3.63) is 0 Å². The highest BCUT2D eigenvalue weighted by atomic mass is 79.9. The second-order valence-electron chi connectivity index (χ2n) is 4.25. The maximum atomic E-state index is 11.6. The minimum Gasteiger partial charge on any atom is -0.341 e. The predicted molar refractivity (Wildman–Crippen MR) is 61.6 cm³/mol. The molecule has 14 heavy (non-hydrogen) atoms. The van der Waals surface area contributed by atoms with Crippen molar-refractivity contribution < 1.29 is 4.79 Å². The van der Waals surface area contributed by atoms with E-state index < -0.39 is 0 Å². The number of carbonyl (C=O) groups excluding carboxylic acids is 1. The molecule has 0 aliphatic carbocycles. The van der Waals surface area contributed by atoms with Crippen LogP contribution in [0.25, 0.3) is 0 Å². The van der Waals surface area contributed by atoms with Crippen LogP contribution in [0.2, 0.25) is 0 Å². The molecule has 0 spiro atoms. The van der Waals surface area contributed by atoms with Crippen LogP contribution in [-0.2, 0) is 4.79 Å². The Kier molecular flexibility index (Phi) is 4.38. The number of halogens is 1. The Hall–Kier alpha value is -0.0900. The van der Waals surface area contributed by atoms with Crippen molar-refractivity contribution in [1.82, 2.24) is 9.80 Å². The molecule has 0 aromatic carbocycles. The summed E-state index contributed by atoms with van der Waals surface area (Å²) in [5.74, 6) is 0.863. The maximum absolute atomic E-state index is 11.6. The molecule has 1 rings (SSSR count). The summed E-state index contributed by atoms with van der Waals surface area (Å²) in [5.41, 5.74) is 0. The van der Waals surface area contributed by atoms with Crippen LogP contribution in [0.1, 0.15) is 13.3 Å². The van der Waals surface area contributed by atoms with Gasteiger partial charge in [0, 0.05) is 30.9 Å². The summed E-state index contributed by atoms with van der Waals surface area (Å²) in [6.45, 7) is 4.01. The van der Waals surface area contributed by atoms with Crippen molar-refractivity contribution in [2.45, 2.75) is 19.4 Å². The number of likely N-dealkylation sites (N-methyl/N-ethyl adjacent to an activating group) is 1. The minimum atomic E-state index is 0.276. The van der Waals surface area contributed by atoms with Gasteiger partial charge in [-0.3, -0.25) is 4.79 Å². The Labute approximate surface area is 94.6 Å². The first-order valence-corrected chi connectivity index (χ1v) is 6.18. The number of likely N-dealkylation sites (tertiary alicyclic amines) is 1. The zero-order valence-corrected chi connectivity index (χ0v) is 10.7. The number of hydrogen-bond donors (Lipinski definition) is 0. The van der Waals surface area contributed by atoms with E-state index in [4.69, 9.17) is 0 Å². The van der Waals surface area contributed by atoms with Crippen molar-refractivity contribution >= 4 is 21.8 Å². The molecule has 1 saturated heterocycles. The Bertz CT molecular complexity index is 208. The highest BCUT2D eigenvalue weighted by Crippen LogP contribution is 2.20. The summed E-state index contributed by atoms with van der Waals surface area (Å²) < 4.78 is 0. The normalized spacial score (nSPS) is 27.4. The third-order valence-corrected chi connectivity index (χ3v) is 3.29. The van der Waals surface area contributed by atoms with Crippen LogP contribution < -0.4 is 0 Å². The molecule has 2 atom stereocenters. The fourth-order valence-corrected chi connectivity index (χ4v) is 2.40. The van der Waals surface area contributed by atoms with E-state index in [2.05, 4.69) is 41.8 Å². The highest BCUT2D eigenvalue weighted by molar-refractivity contribution is 9.09. The lowest BCUT2D eigenvalue weighted by molar-refractivity contribution is -0.129. The average molecular weight is 263 g/mol. The van der Waals surface area contributed by atoms with Gasteiger partial charge in [-0.15, -0.1) is 0 Å². The van der Waals surface area contributed by atoms with Crippen LogP contribution in [0.5, 0.6) is 0 Å². The lowest BCUT2D eigenvalue weighted by atomic mass is 10.1. The number of nitrogens with zero attached hydrogens (tertiary/aromatic N) is 2. The van der Waals surface area contributed by atoms with Crippen LogP contribution >= 0.6 is 15.9 Å². The highest BCUT2D eigenvalue weighted by Gasteiger charge is 2.32. The van der Waals surface area contributed by atoms with Gasteiger partial charge in [-0.25, -0.2) is 0 Å². The Morgan fingerprint density at radius 3 is 2.57 bits per heavy atom. The van der Waals surface area contributed by atoms with Crippen molar-refractivity contribution in [2.24, 2.45) is 5.92 Å². The van der Waals surface area contributed by atoms with Gasteiger partial charge >= 0.3 is 0 Å². The van der Waals surface area contributed by atoms with Gasteiger partial charge in [0.15, 0.2) is 0 Å². The van der Waals surface area contributed by atoms with E-state index in [1.165, 1.54) is 0 Å². The molecule has 82 valence electrons. The van der Waals surface area contributed by atoms with E-state index in [1.54, 1.807) is 0 Å². The van der Waals surface area contributed by atoms with E-state index >= 15 is 0 Å². The molecule has 0 radical (unpaired) electrons. The molecule has 0 aromatic heterocycles. The number of amides is 1. The van der Waals surface area contributed by atoms with Gasteiger partial charge in [0.25, 0.3) is 0 Å². The number of carbonyl (C=O) groups is 1. The van der Waals surface area contributed by atoms with Gasteiger partial charge in [-0.1, -0.05) is 22.9 Å². The summed E-state index contributed by atoms with van der Waals surface area (Å²) in [5, 5.41) is 0.767. The smallest absolute Gasteiger partial charge is 0.223 e. The molecule has 0 saturated carbocycles. The molecule has 0 bridgehead atoms. The molecule has 1 aliphatic heterocycles. The van der Waals surface area contributed by atoms with Crippen LogP contribution in [-0.4, -0.2) is 54.3 Å². The second-order valence-corrected chi connectivity index (χ2v) is 5.04. The van der Waals surface area contributed by atoms with Crippen molar-refractivity contribution in [3.8, 4) is 0 Å². The topological polar surface area (TPSA) is 23.6 Å². The Balaban J connectivity index is 2.50. The zero-order valence-electron chi connectivity index (χ0n) is 9.16. The maximum Gasteiger partial charge on any atom is 0.223 e. The molecular formula is C10H19BrN2O. The van der Waals surface area contributed by atoms with Crippen LogP contribution in [0, 0.1) is 5.92 Å². The largest absolute Gasteiger partial charge is 0.341 e. The zero-order chi connectivity index (χ0) is 10.7. The fraction of sp³-hybridized carbons (Fsp3) is 0.900. The van der Waals surface area contributed by atoms with E-state index in [0.717, 1.165) is 18.4 Å². The van der Waals surface area contributed by atoms with Crippen molar-refractivity contribution in [1.29, 1.82) is 0 Å². The molecule has 3 nitrogen and oxygen atoms in total. The SMILES string of the molecule is CC1CN(C(=O)CCBr)CC1N(C)C. The summed E-state index contributed by atoms with van der Waals surface area (Å²) >= 11 is 3.30. The Morgan fingerprint density at radius 2 is 2.14 bits per heavy atom. The first kappa shape index (κ1) is 12.0. The summed E-state index contributed by atoms with van der Waals surface area (Å²) in [4.78, 5) is 15.8. The van der Waals surface area contributed by atoms with Gasteiger partial charge in [0.1, 0.15) is 0 Å². The molecule has 0 N–H and O–H groups in total. The lowest BCUT2D eigenvalue weighted by Crippen LogP contribution is -2.35. The van der Waals surface area contributed by atoms with Crippen molar-refractivity contribution in [2.75, 3.05) is 32.5 Å². The molecular weight excluding hydrogens is 244 g/mol. The van der Waals surface area contributed by atoms with E-state index in [0.29, 0.717) is 18.4 Å². The predicted octanol–water partition coefficient (Wildman–Crippen LogP) is 1.18. The molecule has 1 aliphatic rings. The first-order chi connectivity index (χ1) is 6.56. The molecule has 1 heterocycles. The number of alkyl halides is 1. The molecule has 1 amide bonds. The van der Waals surface area contributed by atoms with Crippen LogP contribution in [0.3, 0.4) is 0 Å². The van der Waals surface area contributed by atoms with Gasteiger partial charge in [-0.2, -0.15) is 0 Å². The second kappa shape index (κ2) is 5.12. The Morgan fingerprint density at radius 1 is 1.50 bits per heavy atom. The lowest BCUT2D eigenvalue weighted by Gasteiger charge is -2.22. The molecule has 4 heteroatoms. The van der Waals surface area contributed by atoms with Gasteiger partial charge in [0.05, 0.1) is 0 Å². The van der Waals surface area contributed by atoms with Gasteiger partial charge < -0.3 is 9.80 Å². The molecule has 2 unspecified atom stereocenters. The van der Waals surface area contributed by atoms with Gasteiger partial charge in [0.2, 0.25) is 5.91 Å². The van der Waals surface area contributed by atoms with Crippen LogP contribution in [0.4, 0.5) is 0 Å². The summed E-state index contributed by atoms with van der Waals surface area (Å²) in [6, 6.07) is 0.522. The quantitative estimate of drug-likeness (QED) is 0.714. The first-order valence-electron chi connectivity index (χ1n) is 5.06. The fourth-order valence-electron chi connectivity index (χ4n) is 2.06. The summed E-state index contributed by atoms with van der Waals surface area (Å²) in [7, 11) is 4.17. The van der Waals surface area contributed by atoms with E-state index in [-0.39, 0.29) is 5.91 Å². The average Bonchev–Trinajstić information content (AvgIpc) is 2.48. The third-order valence-electron chi connectivity index (χ3n) is 2.90. The standard InChI is InChI=1S/C10H19BrN2O/c1-8-6-13(10(14)4-5-11)7-9(8)12(2)3/h8-9H,4-7H2,1-3H3. The number of rotatable bonds is 3. The van der Waals surface area contributed by atoms with E-state index in [9.17, 15) is 4.79 Å². The monoisotopic (exact) mass is 262 g/mol. The molecule has 0 aromatic rings.